The largest absolute Gasteiger partial charge is 0.481 e. The van der Waals surface area contributed by atoms with Crippen LogP contribution in [0.3, 0.4) is 0 Å². The second kappa shape index (κ2) is 14.0. The number of amides is 4. The molecule has 0 saturated heterocycles. The van der Waals surface area contributed by atoms with E-state index in [1.807, 2.05) is 0 Å². The molecule has 0 fully saturated rings. The normalized spacial score (nSPS) is 14.6. The van der Waals surface area contributed by atoms with Crippen molar-refractivity contribution >= 4 is 35.6 Å². The molecule has 0 aliphatic carbocycles. The van der Waals surface area contributed by atoms with E-state index >= 15 is 0 Å². The first-order valence-electron chi connectivity index (χ1n) is 10.6. The second-order valence-electron chi connectivity index (χ2n) is 8.40. The van der Waals surface area contributed by atoms with Crippen LogP contribution in [0.15, 0.2) is 0 Å². The van der Waals surface area contributed by atoms with Crippen LogP contribution in [-0.4, -0.2) is 69.9 Å². The summed E-state index contributed by atoms with van der Waals surface area (Å²) in [6.45, 7) is 6.53. The lowest BCUT2D eigenvalue weighted by atomic mass is 10.0. The van der Waals surface area contributed by atoms with E-state index in [-0.39, 0.29) is 25.2 Å². The minimum absolute atomic E-state index is 0.234. The van der Waals surface area contributed by atoms with Crippen LogP contribution in [0.4, 0.5) is 0 Å². The summed E-state index contributed by atoms with van der Waals surface area (Å²) in [4.78, 5) is 71.4. The first kappa shape index (κ1) is 29.8. The lowest BCUT2D eigenvalue weighted by molar-refractivity contribution is -0.143. The Bertz CT molecular complexity index is 740. The number of carbonyl (C=O) groups excluding carboxylic acids is 4. The van der Waals surface area contributed by atoms with Gasteiger partial charge >= 0.3 is 11.9 Å². The fourth-order valence-corrected chi connectivity index (χ4v) is 2.70. The van der Waals surface area contributed by atoms with Gasteiger partial charge in [0.1, 0.15) is 18.1 Å². The zero-order chi connectivity index (χ0) is 25.9. The lowest BCUT2D eigenvalue weighted by Gasteiger charge is -2.26. The van der Waals surface area contributed by atoms with Crippen LogP contribution in [0, 0.1) is 11.8 Å². The average molecular weight is 474 g/mol. The number of aliphatic carboxylic acids is 2. The fraction of sp³-hybridized carbons (Fsp3) is 0.700. The van der Waals surface area contributed by atoms with Crippen LogP contribution in [0.1, 0.15) is 53.4 Å². The molecule has 4 amide bonds. The molecule has 33 heavy (non-hydrogen) atoms. The molecule has 0 spiro atoms. The van der Waals surface area contributed by atoms with Gasteiger partial charge in [0, 0.05) is 12.8 Å². The summed E-state index contributed by atoms with van der Waals surface area (Å²) in [6, 6.07) is -4.89. The quantitative estimate of drug-likeness (QED) is 0.143. The smallest absolute Gasteiger partial charge is 0.326 e. The number of hydrogen-bond donors (Lipinski definition) is 7. The molecule has 13 heteroatoms. The molecule has 188 valence electrons. The molecule has 0 unspecified atom stereocenters. The number of rotatable bonds is 15. The zero-order valence-corrected chi connectivity index (χ0v) is 19.3. The highest BCUT2D eigenvalue weighted by Crippen LogP contribution is 2.07. The van der Waals surface area contributed by atoms with Crippen LogP contribution in [0.5, 0.6) is 0 Å². The maximum absolute atomic E-state index is 12.8. The van der Waals surface area contributed by atoms with Crippen LogP contribution >= 0.6 is 0 Å². The molecule has 0 bridgehead atoms. The van der Waals surface area contributed by atoms with Crippen molar-refractivity contribution in [3.05, 3.63) is 0 Å². The van der Waals surface area contributed by atoms with E-state index in [2.05, 4.69) is 16.0 Å². The SMILES string of the molecule is CC(C)[C@H](N)C(=O)N[C@@H](CCC(=O)O)C(=O)N[C@@H](CCC(N)=O)C(=O)N[C@H](C(=O)O)C(C)C. The third-order valence-electron chi connectivity index (χ3n) is 4.84. The highest BCUT2D eigenvalue weighted by molar-refractivity contribution is 5.94. The molecule has 0 aliphatic heterocycles. The summed E-state index contributed by atoms with van der Waals surface area (Å²) in [5, 5.41) is 25.3. The highest BCUT2D eigenvalue weighted by atomic mass is 16.4. The third-order valence-corrected chi connectivity index (χ3v) is 4.84. The maximum Gasteiger partial charge on any atom is 0.326 e. The van der Waals surface area contributed by atoms with Gasteiger partial charge in [0.25, 0.3) is 0 Å². The molecule has 0 aromatic rings. The Morgan fingerprint density at radius 2 is 1.18 bits per heavy atom. The minimum atomic E-state index is -1.35. The number of nitrogens with one attached hydrogen (secondary N) is 3. The van der Waals surface area contributed by atoms with Gasteiger partial charge < -0.3 is 37.6 Å². The molecule has 0 aliphatic rings. The summed E-state index contributed by atoms with van der Waals surface area (Å²) in [6.07, 6.45) is -1.27. The van der Waals surface area contributed by atoms with Crippen molar-refractivity contribution in [3.8, 4) is 0 Å². The van der Waals surface area contributed by atoms with Gasteiger partial charge in [0.15, 0.2) is 0 Å². The number of carboxylic acids is 2. The van der Waals surface area contributed by atoms with Gasteiger partial charge in [-0.05, 0) is 24.7 Å². The minimum Gasteiger partial charge on any atom is -0.481 e. The van der Waals surface area contributed by atoms with Gasteiger partial charge in [-0.2, -0.15) is 0 Å². The van der Waals surface area contributed by atoms with E-state index < -0.39 is 72.1 Å². The van der Waals surface area contributed by atoms with Crippen molar-refractivity contribution < 1.29 is 39.0 Å². The third kappa shape index (κ3) is 11.3. The standard InChI is InChI=1S/C20H35N5O8/c1-9(2)15(22)19(31)24-12(6-8-14(27)28)17(29)23-11(5-7-13(21)26)18(30)25-16(10(3)4)20(32)33/h9-12,15-16H,5-8,22H2,1-4H3,(H2,21,26)(H,23,29)(H,24,31)(H,25,30)(H,27,28)(H,32,33)/t11-,12-,15-,16-/m0/s1. The maximum atomic E-state index is 12.8. The highest BCUT2D eigenvalue weighted by Gasteiger charge is 2.32. The molecule has 0 saturated carbocycles. The monoisotopic (exact) mass is 473 g/mol. The van der Waals surface area contributed by atoms with E-state index in [0.717, 1.165) is 0 Å². The summed E-state index contributed by atoms with van der Waals surface area (Å²) in [5.41, 5.74) is 10.9. The Morgan fingerprint density at radius 3 is 1.58 bits per heavy atom. The summed E-state index contributed by atoms with van der Waals surface area (Å²) in [5.74, 6) is -6.41. The number of hydrogen-bond acceptors (Lipinski definition) is 7. The molecule has 13 nitrogen and oxygen atoms in total. The zero-order valence-electron chi connectivity index (χ0n) is 19.3. The molecule has 4 atom stereocenters. The van der Waals surface area contributed by atoms with E-state index in [0.29, 0.717) is 0 Å². The Hall–Kier alpha value is -3.22. The Kier molecular flexibility index (Phi) is 12.7. The van der Waals surface area contributed by atoms with E-state index in [1.165, 1.54) is 0 Å². The van der Waals surface area contributed by atoms with Crippen LogP contribution in [0.2, 0.25) is 0 Å². The number of carboxylic acid groups (broad SMARTS) is 2. The first-order valence-corrected chi connectivity index (χ1v) is 10.6. The molecule has 0 rings (SSSR count). The molecule has 0 aromatic heterocycles. The van der Waals surface area contributed by atoms with Crippen molar-refractivity contribution in [2.24, 2.45) is 23.3 Å². The van der Waals surface area contributed by atoms with Crippen LogP contribution < -0.4 is 27.4 Å². The lowest BCUT2D eigenvalue weighted by Crippen LogP contribution is -2.58. The van der Waals surface area contributed by atoms with Crippen molar-refractivity contribution in [3.63, 3.8) is 0 Å². The summed E-state index contributed by atoms with van der Waals surface area (Å²) >= 11 is 0. The molecule has 9 N–H and O–H groups in total. The van der Waals surface area contributed by atoms with Gasteiger partial charge in [-0.15, -0.1) is 0 Å². The van der Waals surface area contributed by atoms with Gasteiger partial charge in [-0.25, -0.2) is 4.79 Å². The Morgan fingerprint density at radius 1 is 0.727 bits per heavy atom. The summed E-state index contributed by atoms with van der Waals surface area (Å²) < 4.78 is 0. The van der Waals surface area contributed by atoms with E-state index in [4.69, 9.17) is 16.6 Å². The predicted octanol–water partition coefficient (Wildman–Crippen LogP) is -1.70. The van der Waals surface area contributed by atoms with Crippen LogP contribution in [0.25, 0.3) is 0 Å². The first-order chi connectivity index (χ1) is 15.2. The van der Waals surface area contributed by atoms with Crippen molar-refractivity contribution in [2.45, 2.75) is 77.5 Å². The average Bonchev–Trinajstić information content (AvgIpc) is 2.69. The summed E-state index contributed by atoms with van der Waals surface area (Å²) in [7, 11) is 0. The number of carbonyl (C=O) groups is 6. The van der Waals surface area contributed by atoms with E-state index in [1.54, 1.807) is 27.7 Å². The van der Waals surface area contributed by atoms with Gasteiger partial charge in [-0.3, -0.25) is 24.0 Å². The number of nitrogens with two attached hydrogens (primary N) is 2. The van der Waals surface area contributed by atoms with Crippen LogP contribution in [-0.2, 0) is 28.8 Å². The number of primary amides is 1. The molecular weight excluding hydrogens is 438 g/mol. The molecule has 0 heterocycles. The van der Waals surface area contributed by atoms with Crippen molar-refractivity contribution in [1.82, 2.24) is 16.0 Å². The molecular formula is C20H35N5O8. The molecule has 0 radical (unpaired) electrons. The van der Waals surface area contributed by atoms with Crippen molar-refractivity contribution in [2.75, 3.05) is 0 Å². The Balaban J connectivity index is 5.63. The fourth-order valence-electron chi connectivity index (χ4n) is 2.70. The second-order valence-corrected chi connectivity index (χ2v) is 8.40. The van der Waals surface area contributed by atoms with Crippen molar-refractivity contribution in [1.29, 1.82) is 0 Å². The van der Waals surface area contributed by atoms with E-state index in [9.17, 15) is 33.9 Å². The predicted molar refractivity (Wildman–Crippen MR) is 116 cm³/mol. The topological polar surface area (TPSA) is 231 Å². The van der Waals surface area contributed by atoms with Gasteiger partial charge in [0.05, 0.1) is 6.04 Å². The van der Waals surface area contributed by atoms with Gasteiger partial charge in [0.2, 0.25) is 23.6 Å². The van der Waals surface area contributed by atoms with Gasteiger partial charge in [-0.1, -0.05) is 27.7 Å². The molecule has 0 aromatic carbocycles. The Labute approximate surface area is 192 Å².